The number of thiazole rings is 1. The number of hydrogen-bond acceptors (Lipinski definition) is 6. The van der Waals surface area contributed by atoms with Gasteiger partial charge in [-0.2, -0.15) is 0 Å². The molecule has 2 aliphatic rings. The third-order valence-corrected chi connectivity index (χ3v) is 6.12. The molecule has 1 amide bonds. The van der Waals surface area contributed by atoms with E-state index in [2.05, 4.69) is 15.2 Å². The highest BCUT2D eigenvalue weighted by atomic mass is 32.1. The Balaban J connectivity index is 1.34. The monoisotopic (exact) mass is 414 g/mol. The molecule has 0 spiro atoms. The zero-order valence-electron chi connectivity index (χ0n) is 15.7. The Bertz CT molecular complexity index is 1100. The first-order chi connectivity index (χ1) is 14.0. The second-order valence-electron chi connectivity index (χ2n) is 7.30. The molecular weight excluding hydrogens is 397 g/mol. The van der Waals surface area contributed by atoms with Gasteiger partial charge in [-0.25, -0.2) is 13.8 Å². The van der Waals surface area contributed by atoms with Crippen LogP contribution in [0.3, 0.4) is 0 Å². The van der Waals surface area contributed by atoms with Gasteiger partial charge in [-0.05, 0) is 12.1 Å². The number of anilines is 1. The lowest BCUT2D eigenvalue weighted by Crippen LogP contribution is -2.48. The number of carbonyl (C=O) groups is 1. The SMILES string of the molecule is Bc1cc(C(=O)N2CCn3c(nnc3-c3nc(N4CC(F)C4)cs3)C2)ccc1F. The molecule has 4 heterocycles. The summed E-state index contributed by atoms with van der Waals surface area (Å²) in [6, 6.07) is 4.39. The Kier molecular flexibility index (Phi) is 4.34. The van der Waals surface area contributed by atoms with Gasteiger partial charge in [0, 0.05) is 24.0 Å². The van der Waals surface area contributed by atoms with E-state index in [4.69, 9.17) is 0 Å². The largest absolute Gasteiger partial charge is 0.350 e. The molecule has 0 saturated carbocycles. The smallest absolute Gasteiger partial charge is 0.254 e. The second-order valence-corrected chi connectivity index (χ2v) is 8.15. The number of rotatable bonds is 3. The maximum Gasteiger partial charge on any atom is 0.254 e. The van der Waals surface area contributed by atoms with Crippen LogP contribution in [0.4, 0.5) is 14.6 Å². The molecule has 11 heteroatoms. The predicted octanol–water partition coefficient (Wildman–Crippen LogP) is 0.613. The summed E-state index contributed by atoms with van der Waals surface area (Å²) in [7, 11) is 1.64. The lowest BCUT2D eigenvalue weighted by molar-refractivity contribution is 0.0708. The zero-order valence-corrected chi connectivity index (χ0v) is 16.5. The lowest BCUT2D eigenvalue weighted by atomic mass is 9.93. The molecule has 1 fully saturated rings. The number of nitrogens with zero attached hydrogens (tertiary/aromatic N) is 6. The molecule has 7 nitrogen and oxygen atoms in total. The van der Waals surface area contributed by atoms with Crippen LogP contribution in [0.15, 0.2) is 23.6 Å². The highest BCUT2D eigenvalue weighted by molar-refractivity contribution is 7.13. The van der Waals surface area contributed by atoms with Gasteiger partial charge in [0.25, 0.3) is 5.91 Å². The van der Waals surface area contributed by atoms with Gasteiger partial charge in [-0.3, -0.25) is 4.79 Å². The van der Waals surface area contributed by atoms with E-state index in [9.17, 15) is 13.6 Å². The van der Waals surface area contributed by atoms with Gasteiger partial charge in [0.2, 0.25) is 0 Å². The molecular formula is C18H17BF2N6OS. The number of benzene rings is 1. The number of fused-ring (bicyclic) bond motifs is 1. The van der Waals surface area contributed by atoms with Crippen molar-refractivity contribution >= 4 is 36.4 Å². The van der Waals surface area contributed by atoms with E-state index < -0.39 is 6.17 Å². The minimum atomic E-state index is -0.783. The number of hydrogen-bond donors (Lipinski definition) is 0. The van der Waals surface area contributed by atoms with E-state index >= 15 is 0 Å². The minimum absolute atomic E-state index is 0.154. The number of alkyl halides is 1. The fraction of sp³-hybridized carbons (Fsp3) is 0.333. The maximum absolute atomic E-state index is 13.5. The van der Waals surface area contributed by atoms with E-state index in [1.54, 1.807) is 18.8 Å². The van der Waals surface area contributed by atoms with E-state index in [-0.39, 0.29) is 11.7 Å². The molecule has 0 radical (unpaired) electrons. The summed E-state index contributed by atoms with van der Waals surface area (Å²) in [5.74, 6) is 1.63. The molecule has 0 aliphatic carbocycles. The van der Waals surface area contributed by atoms with Crippen LogP contribution in [0.5, 0.6) is 0 Å². The van der Waals surface area contributed by atoms with Crippen molar-refractivity contribution in [1.29, 1.82) is 0 Å². The number of amides is 1. The van der Waals surface area contributed by atoms with Crippen LogP contribution < -0.4 is 10.4 Å². The van der Waals surface area contributed by atoms with Gasteiger partial charge in [-0.1, -0.05) is 11.5 Å². The van der Waals surface area contributed by atoms with Crippen molar-refractivity contribution in [2.45, 2.75) is 19.3 Å². The first-order valence-electron chi connectivity index (χ1n) is 9.32. The molecule has 29 heavy (non-hydrogen) atoms. The van der Waals surface area contributed by atoms with Crippen molar-refractivity contribution < 1.29 is 13.6 Å². The molecule has 2 aromatic heterocycles. The average Bonchev–Trinajstić information content (AvgIpc) is 3.33. The molecule has 0 unspecified atom stereocenters. The van der Waals surface area contributed by atoms with Gasteiger partial charge < -0.3 is 14.4 Å². The highest BCUT2D eigenvalue weighted by Gasteiger charge is 2.30. The molecule has 1 aromatic carbocycles. The van der Waals surface area contributed by atoms with Crippen LogP contribution in [0, 0.1) is 5.82 Å². The maximum atomic E-state index is 13.5. The second kappa shape index (κ2) is 6.91. The highest BCUT2D eigenvalue weighted by Crippen LogP contribution is 2.30. The van der Waals surface area contributed by atoms with Crippen LogP contribution in [0.25, 0.3) is 10.8 Å². The van der Waals surface area contributed by atoms with Crippen LogP contribution in [-0.2, 0) is 13.1 Å². The summed E-state index contributed by atoms with van der Waals surface area (Å²) in [6.45, 7) is 2.13. The van der Waals surface area contributed by atoms with E-state index in [0.29, 0.717) is 55.4 Å². The zero-order chi connectivity index (χ0) is 20.1. The molecule has 148 valence electrons. The fourth-order valence-electron chi connectivity index (χ4n) is 3.57. The van der Waals surface area contributed by atoms with Crippen LogP contribution in [0.1, 0.15) is 16.2 Å². The third kappa shape index (κ3) is 3.19. The van der Waals surface area contributed by atoms with Gasteiger partial charge >= 0.3 is 0 Å². The number of halogens is 2. The van der Waals surface area contributed by atoms with E-state index in [0.717, 1.165) is 10.8 Å². The molecule has 2 aliphatic heterocycles. The average molecular weight is 414 g/mol. The predicted molar refractivity (Wildman–Crippen MR) is 108 cm³/mol. The summed E-state index contributed by atoms with van der Waals surface area (Å²) in [5, 5.41) is 11.1. The summed E-state index contributed by atoms with van der Waals surface area (Å²) in [6.07, 6.45) is -0.783. The van der Waals surface area contributed by atoms with Crippen molar-refractivity contribution in [3.05, 3.63) is 40.8 Å². The quantitative estimate of drug-likeness (QED) is 0.588. The molecule has 5 rings (SSSR count). The number of carbonyl (C=O) groups excluding carboxylic acids is 1. The molecule has 0 N–H and O–H groups in total. The van der Waals surface area contributed by atoms with Gasteiger partial charge in [0.05, 0.1) is 19.6 Å². The first-order valence-corrected chi connectivity index (χ1v) is 10.2. The summed E-state index contributed by atoms with van der Waals surface area (Å²) >= 11 is 1.45. The topological polar surface area (TPSA) is 67.2 Å². The Hall–Kier alpha value is -2.82. The van der Waals surface area contributed by atoms with Crippen LogP contribution in [-0.4, -0.2) is 64.2 Å². The third-order valence-electron chi connectivity index (χ3n) is 5.29. The summed E-state index contributed by atoms with van der Waals surface area (Å²) in [5.41, 5.74) is 0.904. The summed E-state index contributed by atoms with van der Waals surface area (Å²) < 4.78 is 28.5. The van der Waals surface area contributed by atoms with Crippen molar-refractivity contribution in [2.24, 2.45) is 0 Å². The lowest BCUT2D eigenvalue weighted by Gasteiger charge is -2.34. The molecule has 1 saturated heterocycles. The standard InChI is InChI=1S/C18H17BF2N6OS/c19-12-5-10(1-2-13(12)21)18(28)25-3-4-27-14(8-25)23-24-16(27)17-22-15(9-29-17)26-6-11(20)7-26/h1-2,5,9,11H,3-4,6-8,19H2. The van der Waals surface area contributed by atoms with Crippen molar-refractivity contribution in [1.82, 2.24) is 24.6 Å². The van der Waals surface area contributed by atoms with Crippen molar-refractivity contribution in [3.8, 4) is 10.8 Å². The Morgan fingerprint density at radius 1 is 1.24 bits per heavy atom. The Morgan fingerprint density at radius 3 is 2.83 bits per heavy atom. The van der Waals surface area contributed by atoms with Gasteiger partial charge in [0.15, 0.2) is 16.7 Å². The fourth-order valence-corrected chi connectivity index (χ4v) is 4.40. The number of aromatic nitrogens is 4. The van der Waals surface area contributed by atoms with Crippen molar-refractivity contribution in [2.75, 3.05) is 24.5 Å². The van der Waals surface area contributed by atoms with E-state index in [1.165, 1.54) is 23.5 Å². The van der Waals surface area contributed by atoms with Gasteiger partial charge in [-0.15, -0.1) is 21.5 Å². The normalized spacial score (nSPS) is 16.6. The minimum Gasteiger partial charge on any atom is -0.350 e. The van der Waals surface area contributed by atoms with E-state index in [1.807, 2.05) is 14.8 Å². The Morgan fingerprint density at radius 2 is 2.07 bits per heavy atom. The van der Waals surface area contributed by atoms with Crippen LogP contribution >= 0.6 is 11.3 Å². The Labute approximate surface area is 170 Å². The molecule has 3 aromatic rings. The summed E-state index contributed by atoms with van der Waals surface area (Å²) in [4.78, 5) is 21.0. The first kappa shape index (κ1) is 18.2. The van der Waals surface area contributed by atoms with Gasteiger partial charge in [0.1, 0.15) is 25.7 Å². The van der Waals surface area contributed by atoms with Crippen molar-refractivity contribution in [3.63, 3.8) is 0 Å². The molecule has 0 bridgehead atoms. The van der Waals surface area contributed by atoms with Crippen LogP contribution in [0.2, 0.25) is 0 Å². The molecule has 0 atom stereocenters.